The Labute approximate surface area is 158 Å². The topological polar surface area (TPSA) is 97.9 Å². The fraction of sp³-hybridized carbons (Fsp3) is 0.700. The zero-order valence-electron chi connectivity index (χ0n) is 16.1. The van der Waals surface area contributed by atoms with Gasteiger partial charge in [0.05, 0.1) is 29.8 Å². The standard InChI is InChI=1S/C20H26O7/c1-9-6-13-16(10(2)17(22)24-13)14(25-18(23)20(5)11(3)26-20)8-19(4)15(27-19)7-12(9)21/h6,11-16,21H,2,7-8H2,1,3-5H3. The fourth-order valence-electron chi connectivity index (χ4n) is 4.15. The second-order valence-corrected chi connectivity index (χ2v) is 8.52. The Kier molecular flexibility index (Phi) is 4.07. The van der Waals surface area contributed by atoms with Gasteiger partial charge in [-0.15, -0.1) is 0 Å². The van der Waals surface area contributed by atoms with Crippen LogP contribution in [0.4, 0.5) is 0 Å². The van der Waals surface area contributed by atoms with Crippen molar-refractivity contribution in [1.82, 2.24) is 0 Å². The Morgan fingerprint density at radius 2 is 2.04 bits per heavy atom. The van der Waals surface area contributed by atoms with Crippen molar-refractivity contribution in [3.8, 4) is 0 Å². The van der Waals surface area contributed by atoms with Crippen LogP contribution in [0.25, 0.3) is 0 Å². The molecule has 0 aromatic carbocycles. The molecule has 7 heteroatoms. The van der Waals surface area contributed by atoms with Crippen molar-refractivity contribution < 1.29 is 33.6 Å². The molecule has 3 fully saturated rings. The number of epoxide rings is 2. The van der Waals surface area contributed by atoms with Crippen LogP contribution in [0, 0.1) is 5.92 Å². The molecule has 0 radical (unpaired) electrons. The molecule has 148 valence electrons. The lowest BCUT2D eigenvalue weighted by molar-refractivity contribution is -0.159. The third-order valence-electron chi connectivity index (χ3n) is 6.50. The summed E-state index contributed by atoms with van der Waals surface area (Å²) in [6, 6.07) is 0. The van der Waals surface area contributed by atoms with E-state index in [9.17, 15) is 14.7 Å². The lowest BCUT2D eigenvalue weighted by Crippen LogP contribution is -2.40. The molecule has 3 saturated heterocycles. The predicted octanol–water partition coefficient (Wildman–Crippen LogP) is 1.43. The highest BCUT2D eigenvalue weighted by atomic mass is 16.7. The molecular formula is C20H26O7. The number of rotatable bonds is 2. The van der Waals surface area contributed by atoms with E-state index in [1.54, 1.807) is 19.9 Å². The highest BCUT2D eigenvalue weighted by Crippen LogP contribution is 2.48. The lowest BCUT2D eigenvalue weighted by atomic mass is 9.82. The van der Waals surface area contributed by atoms with Gasteiger partial charge in [0.2, 0.25) is 0 Å². The monoisotopic (exact) mass is 378 g/mol. The molecule has 0 spiro atoms. The van der Waals surface area contributed by atoms with Gasteiger partial charge in [-0.05, 0) is 39.3 Å². The predicted molar refractivity (Wildman–Crippen MR) is 93.6 cm³/mol. The minimum absolute atomic E-state index is 0.133. The van der Waals surface area contributed by atoms with Crippen molar-refractivity contribution in [2.75, 3.05) is 0 Å². The molecule has 0 aromatic heterocycles. The number of esters is 2. The largest absolute Gasteiger partial charge is 0.459 e. The van der Waals surface area contributed by atoms with Gasteiger partial charge in [0, 0.05) is 18.4 Å². The Balaban J connectivity index is 1.67. The first-order valence-corrected chi connectivity index (χ1v) is 9.38. The Hall–Kier alpha value is -1.70. The normalized spacial score (nSPS) is 48.7. The summed E-state index contributed by atoms with van der Waals surface area (Å²) in [6.45, 7) is 11.1. The van der Waals surface area contributed by atoms with E-state index in [1.807, 2.05) is 13.8 Å². The van der Waals surface area contributed by atoms with Crippen molar-refractivity contribution >= 4 is 11.9 Å². The van der Waals surface area contributed by atoms with Crippen LogP contribution in [0.2, 0.25) is 0 Å². The summed E-state index contributed by atoms with van der Waals surface area (Å²) in [4.78, 5) is 24.9. The van der Waals surface area contributed by atoms with E-state index in [1.165, 1.54) is 0 Å². The number of hydrogen-bond acceptors (Lipinski definition) is 7. The van der Waals surface area contributed by atoms with E-state index in [4.69, 9.17) is 18.9 Å². The van der Waals surface area contributed by atoms with Gasteiger partial charge in [0.1, 0.15) is 12.2 Å². The molecule has 27 heavy (non-hydrogen) atoms. The number of aliphatic hydroxyl groups excluding tert-OH is 1. The first-order chi connectivity index (χ1) is 12.5. The molecule has 0 amide bonds. The van der Waals surface area contributed by atoms with E-state index in [2.05, 4.69) is 6.58 Å². The van der Waals surface area contributed by atoms with Crippen LogP contribution >= 0.6 is 0 Å². The third kappa shape index (κ3) is 3.02. The van der Waals surface area contributed by atoms with Crippen molar-refractivity contribution in [2.24, 2.45) is 5.92 Å². The molecule has 4 aliphatic rings. The second-order valence-electron chi connectivity index (χ2n) is 8.52. The fourth-order valence-corrected chi connectivity index (χ4v) is 4.15. The SMILES string of the molecule is C=C1C(=O)OC2C=C(C)C(O)CC3OC3(C)CC(OC(=O)C3(C)OC3C)C12. The van der Waals surface area contributed by atoms with Crippen molar-refractivity contribution in [2.45, 2.75) is 82.3 Å². The van der Waals surface area contributed by atoms with Gasteiger partial charge in [-0.1, -0.05) is 6.58 Å². The molecular weight excluding hydrogens is 352 g/mol. The van der Waals surface area contributed by atoms with Gasteiger partial charge in [-0.2, -0.15) is 0 Å². The molecule has 8 unspecified atom stereocenters. The van der Waals surface area contributed by atoms with Gasteiger partial charge < -0.3 is 24.1 Å². The van der Waals surface area contributed by atoms with E-state index in [0.29, 0.717) is 18.4 Å². The molecule has 1 N–H and O–H groups in total. The van der Waals surface area contributed by atoms with E-state index in [-0.39, 0.29) is 17.8 Å². The van der Waals surface area contributed by atoms with Crippen LogP contribution < -0.4 is 0 Å². The van der Waals surface area contributed by atoms with Crippen LogP contribution in [0.1, 0.15) is 40.5 Å². The molecule has 4 rings (SSSR count). The van der Waals surface area contributed by atoms with E-state index in [0.717, 1.165) is 0 Å². The highest BCUT2D eigenvalue weighted by molar-refractivity contribution is 5.91. The van der Waals surface area contributed by atoms with E-state index >= 15 is 0 Å². The zero-order chi connectivity index (χ0) is 19.7. The summed E-state index contributed by atoms with van der Waals surface area (Å²) in [5, 5.41) is 10.4. The third-order valence-corrected chi connectivity index (χ3v) is 6.50. The zero-order valence-corrected chi connectivity index (χ0v) is 16.1. The Bertz CT molecular complexity index is 743. The number of fused-ring (bicyclic) bond motifs is 2. The molecule has 0 bridgehead atoms. The first kappa shape index (κ1) is 18.7. The van der Waals surface area contributed by atoms with Gasteiger partial charge in [-0.25, -0.2) is 9.59 Å². The molecule has 0 saturated carbocycles. The molecule has 8 atom stereocenters. The summed E-state index contributed by atoms with van der Waals surface area (Å²) in [5.74, 6) is -1.49. The summed E-state index contributed by atoms with van der Waals surface area (Å²) in [5.41, 5.74) is -0.518. The quantitative estimate of drug-likeness (QED) is 0.336. The van der Waals surface area contributed by atoms with Crippen LogP contribution in [-0.4, -0.2) is 58.8 Å². The summed E-state index contributed by atoms with van der Waals surface area (Å²) >= 11 is 0. The van der Waals surface area contributed by atoms with Gasteiger partial charge in [-0.3, -0.25) is 0 Å². The number of carbonyl (C=O) groups excluding carboxylic acids is 2. The number of ether oxygens (including phenoxy) is 4. The number of hydrogen-bond donors (Lipinski definition) is 1. The maximum absolute atomic E-state index is 12.7. The maximum Gasteiger partial charge on any atom is 0.341 e. The van der Waals surface area contributed by atoms with Gasteiger partial charge in [0.25, 0.3) is 0 Å². The van der Waals surface area contributed by atoms with Crippen molar-refractivity contribution in [3.05, 3.63) is 23.8 Å². The summed E-state index contributed by atoms with van der Waals surface area (Å²) < 4.78 is 22.5. The average molecular weight is 378 g/mol. The van der Waals surface area contributed by atoms with Crippen LogP contribution in [-0.2, 0) is 28.5 Å². The maximum atomic E-state index is 12.7. The smallest absolute Gasteiger partial charge is 0.341 e. The molecule has 3 aliphatic heterocycles. The van der Waals surface area contributed by atoms with E-state index < -0.39 is 47.4 Å². The second kappa shape index (κ2) is 5.90. The summed E-state index contributed by atoms with van der Waals surface area (Å²) in [6.07, 6.45) is 0.284. The van der Waals surface area contributed by atoms with Gasteiger partial charge in [0.15, 0.2) is 5.60 Å². The first-order valence-electron chi connectivity index (χ1n) is 9.38. The Morgan fingerprint density at radius 1 is 1.37 bits per heavy atom. The van der Waals surface area contributed by atoms with Crippen molar-refractivity contribution in [3.63, 3.8) is 0 Å². The molecule has 7 nitrogen and oxygen atoms in total. The molecule has 3 heterocycles. The van der Waals surface area contributed by atoms with Crippen LogP contribution in [0.15, 0.2) is 23.8 Å². The lowest BCUT2D eigenvalue weighted by Gasteiger charge is -2.29. The highest BCUT2D eigenvalue weighted by Gasteiger charge is 2.61. The Morgan fingerprint density at radius 3 is 2.67 bits per heavy atom. The minimum atomic E-state index is -0.956. The van der Waals surface area contributed by atoms with Crippen LogP contribution in [0.5, 0.6) is 0 Å². The van der Waals surface area contributed by atoms with Gasteiger partial charge >= 0.3 is 11.9 Å². The van der Waals surface area contributed by atoms with Crippen molar-refractivity contribution in [1.29, 1.82) is 0 Å². The molecule has 0 aromatic rings. The van der Waals surface area contributed by atoms with Crippen LogP contribution in [0.3, 0.4) is 0 Å². The summed E-state index contributed by atoms with van der Waals surface area (Å²) in [7, 11) is 0. The number of aliphatic hydroxyl groups is 1. The number of carbonyl (C=O) groups is 2. The average Bonchev–Trinajstić information content (AvgIpc) is 3.37. The molecule has 1 aliphatic carbocycles. The minimum Gasteiger partial charge on any atom is -0.459 e.